The highest BCUT2D eigenvalue weighted by Crippen LogP contribution is 2.09. The number of rotatable bonds is 0. The van der Waals surface area contributed by atoms with Crippen molar-refractivity contribution in [2.45, 2.75) is 32.6 Å². The van der Waals surface area contributed by atoms with Crippen LogP contribution in [-0.2, 0) is 4.79 Å². The SMILES string of the molecule is CCO.N=C1CCCCC1=O. The fraction of sp³-hybridized carbons (Fsp3) is 0.750. The molecule has 0 aromatic rings. The average molecular weight is 157 g/mol. The van der Waals surface area contributed by atoms with Crippen LogP contribution in [0.1, 0.15) is 32.6 Å². The van der Waals surface area contributed by atoms with Gasteiger partial charge in [-0.15, -0.1) is 0 Å². The monoisotopic (exact) mass is 157 g/mol. The topological polar surface area (TPSA) is 61.1 Å². The Labute approximate surface area is 66.9 Å². The molecule has 0 aliphatic heterocycles. The van der Waals surface area contributed by atoms with E-state index in [2.05, 4.69) is 0 Å². The highest BCUT2D eigenvalue weighted by molar-refractivity contribution is 6.38. The van der Waals surface area contributed by atoms with Crippen molar-refractivity contribution in [3.05, 3.63) is 0 Å². The fourth-order valence-electron chi connectivity index (χ4n) is 0.878. The molecular weight excluding hydrogens is 142 g/mol. The minimum absolute atomic E-state index is 0.0521. The zero-order valence-corrected chi connectivity index (χ0v) is 6.89. The number of ketones is 1. The molecule has 0 aromatic carbocycles. The number of hydrogen-bond donors (Lipinski definition) is 2. The second-order valence-corrected chi connectivity index (χ2v) is 2.43. The lowest BCUT2D eigenvalue weighted by Crippen LogP contribution is -2.16. The van der Waals surface area contributed by atoms with Crippen LogP contribution >= 0.6 is 0 Å². The molecule has 1 fully saturated rings. The van der Waals surface area contributed by atoms with Crippen LogP contribution < -0.4 is 0 Å². The fourth-order valence-corrected chi connectivity index (χ4v) is 0.878. The first-order valence-corrected chi connectivity index (χ1v) is 3.93. The van der Waals surface area contributed by atoms with Gasteiger partial charge in [0.15, 0.2) is 5.78 Å². The number of carbonyl (C=O) groups is 1. The van der Waals surface area contributed by atoms with E-state index in [-0.39, 0.29) is 12.4 Å². The summed E-state index contributed by atoms with van der Waals surface area (Å²) in [6.45, 7) is 1.93. The van der Waals surface area contributed by atoms with Crippen molar-refractivity contribution >= 4 is 11.5 Å². The predicted octanol–water partition coefficient (Wildman–Crippen LogP) is 1.15. The molecule has 0 amide bonds. The van der Waals surface area contributed by atoms with Gasteiger partial charge in [0.25, 0.3) is 0 Å². The summed E-state index contributed by atoms with van der Waals surface area (Å²) in [5, 5.41) is 14.6. The summed E-state index contributed by atoms with van der Waals surface area (Å²) in [4.78, 5) is 10.6. The molecule has 1 aliphatic carbocycles. The van der Waals surface area contributed by atoms with Gasteiger partial charge in [-0.1, -0.05) is 0 Å². The zero-order chi connectivity index (χ0) is 8.69. The summed E-state index contributed by atoms with van der Waals surface area (Å²) in [6, 6.07) is 0. The maximum absolute atomic E-state index is 10.6. The highest BCUT2D eigenvalue weighted by atomic mass is 16.2. The molecule has 3 nitrogen and oxygen atoms in total. The number of aliphatic hydroxyl groups excluding tert-OH is 1. The van der Waals surface area contributed by atoms with E-state index in [0.717, 1.165) is 12.8 Å². The maximum Gasteiger partial charge on any atom is 0.176 e. The Morgan fingerprint density at radius 1 is 1.45 bits per heavy atom. The Morgan fingerprint density at radius 2 is 1.91 bits per heavy atom. The van der Waals surface area contributed by atoms with E-state index >= 15 is 0 Å². The number of Topliss-reactive ketones (excluding diaryl/α,β-unsaturated/α-hetero) is 1. The van der Waals surface area contributed by atoms with Crippen LogP contribution in [0.25, 0.3) is 0 Å². The van der Waals surface area contributed by atoms with Gasteiger partial charge in [-0.25, -0.2) is 0 Å². The molecule has 11 heavy (non-hydrogen) atoms. The van der Waals surface area contributed by atoms with Crippen LogP contribution in [-0.4, -0.2) is 23.2 Å². The van der Waals surface area contributed by atoms with Gasteiger partial charge in [0.05, 0.1) is 5.71 Å². The van der Waals surface area contributed by atoms with E-state index < -0.39 is 0 Å². The Bertz CT molecular complexity index is 127. The van der Waals surface area contributed by atoms with Crippen molar-refractivity contribution in [2.24, 2.45) is 0 Å². The third-order valence-corrected chi connectivity index (χ3v) is 1.42. The van der Waals surface area contributed by atoms with Gasteiger partial charge in [0.2, 0.25) is 0 Å². The van der Waals surface area contributed by atoms with Crippen LogP contribution in [0.4, 0.5) is 0 Å². The molecule has 64 valence electrons. The minimum Gasteiger partial charge on any atom is -0.397 e. The molecule has 0 radical (unpaired) electrons. The Kier molecular flexibility index (Phi) is 5.65. The molecule has 2 N–H and O–H groups in total. The predicted molar refractivity (Wildman–Crippen MR) is 44.0 cm³/mol. The number of nitrogens with one attached hydrogen (secondary N) is 1. The standard InChI is InChI=1S/C6H9NO.C2H6O/c7-5-3-1-2-4-6(5)8;1-2-3/h7H,1-4H2;3H,2H2,1H3. The molecule has 1 rings (SSSR count). The molecule has 0 saturated heterocycles. The number of hydrogen-bond acceptors (Lipinski definition) is 3. The zero-order valence-electron chi connectivity index (χ0n) is 6.89. The second-order valence-electron chi connectivity index (χ2n) is 2.43. The summed E-state index contributed by atoms with van der Waals surface area (Å²) >= 11 is 0. The molecular formula is C8H15NO2. The first-order valence-electron chi connectivity index (χ1n) is 3.93. The molecule has 1 saturated carbocycles. The summed E-state index contributed by atoms with van der Waals surface area (Å²) in [7, 11) is 0. The Hall–Kier alpha value is -0.700. The first-order chi connectivity index (χ1) is 5.22. The third-order valence-electron chi connectivity index (χ3n) is 1.42. The maximum atomic E-state index is 10.6. The van der Waals surface area contributed by atoms with Gasteiger partial charge in [-0.3, -0.25) is 4.79 Å². The summed E-state index contributed by atoms with van der Waals surface area (Å²) in [5.41, 5.74) is 0.330. The smallest absolute Gasteiger partial charge is 0.176 e. The first kappa shape index (κ1) is 10.3. The molecule has 1 aliphatic rings. The van der Waals surface area contributed by atoms with Crippen molar-refractivity contribution in [3.8, 4) is 0 Å². The van der Waals surface area contributed by atoms with Crippen molar-refractivity contribution in [3.63, 3.8) is 0 Å². The minimum atomic E-state index is 0.0521. The molecule has 0 atom stereocenters. The quantitative estimate of drug-likeness (QED) is 0.554. The lowest BCUT2D eigenvalue weighted by Gasteiger charge is -2.07. The van der Waals surface area contributed by atoms with Gasteiger partial charge in [0.1, 0.15) is 0 Å². The molecule has 0 bridgehead atoms. The van der Waals surface area contributed by atoms with Crippen LogP contribution in [0, 0.1) is 5.41 Å². The Morgan fingerprint density at radius 3 is 2.18 bits per heavy atom. The van der Waals surface area contributed by atoms with Gasteiger partial charge < -0.3 is 10.5 Å². The summed E-state index contributed by atoms with van der Waals surface area (Å²) in [5.74, 6) is 0.0521. The summed E-state index contributed by atoms with van der Waals surface area (Å²) in [6.07, 6.45) is 3.34. The largest absolute Gasteiger partial charge is 0.397 e. The van der Waals surface area contributed by atoms with Crippen LogP contribution in [0.2, 0.25) is 0 Å². The number of carbonyl (C=O) groups excluding carboxylic acids is 1. The van der Waals surface area contributed by atoms with E-state index in [9.17, 15) is 4.79 Å². The van der Waals surface area contributed by atoms with Crippen molar-refractivity contribution in [2.75, 3.05) is 6.61 Å². The second kappa shape index (κ2) is 6.04. The van der Waals surface area contributed by atoms with Crippen molar-refractivity contribution in [1.82, 2.24) is 0 Å². The highest BCUT2D eigenvalue weighted by Gasteiger charge is 2.13. The number of aliphatic hydroxyl groups is 1. The van der Waals surface area contributed by atoms with E-state index in [1.165, 1.54) is 0 Å². The molecule has 0 aromatic heterocycles. The van der Waals surface area contributed by atoms with Crippen LogP contribution in [0.5, 0.6) is 0 Å². The van der Waals surface area contributed by atoms with Crippen molar-refractivity contribution in [1.29, 1.82) is 5.41 Å². The molecule has 3 heteroatoms. The van der Waals surface area contributed by atoms with Crippen LogP contribution in [0.15, 0.2) is 0 Å². The van der Waals surface area contributed by atoms with Crippen molar-refractivity contribution < 1.29 is 9.90 Å². The molecule has 0 heterocycles. The van der Waals surface area contributed by atoms with E-state index in [4.69, 9.17) is 10.5 Å². The van der Waals surface area contributed by atoms with Gasteiger partial charge in [0, 0.05) is 13.0 Å². The van der Waals surface area contributed by atoms with Gasteiger partial charge in [-0.05, 0) is 26.2 Å². The van der Waals surface area contributed by atoms with E-state index in [1.807, 2.05) is 0 Å². The summed E-state index contributed by atoms with van der Waals surface area (Å²) < 4.78 is 0. The average Bonchev–Trinajstić information content (AvgIpc) is 1.97. The molecule has 0 spiro atoms. The normalized spacial score (nSPS) is 17.3. The van der Waals surface area contributed by atoms with Gasteiger partial charge in [-0.2, -0.15) is 0 Å². The van der Waals surface area contributed by atoms with E-state index in [1.54, 1.807) is 6.92 Å². The van der Waals surface area contributed by atoms with Gasteiger partial charge >= 0.3 is 0 Å². The third kappa shape index (κ3) is 4.67. The molecule has 0 unspecified atom stereocenters. The lowest BCUT2D eigenvalue weighted by molar-refractivity contribution is -0.113. The van der Waals surface area contributed by atoms with E-state index in [0.29, 0.717) is 18.6 Å². The Balaban J connectivity index is 0.000000292. The van der Waals surface area contributed by atoms with Crippen LogP contribution in [0.3, 0.4) is 0 Å². The lowest BCUT2D eigenvalue weighted by atomic mass is 9.98.